The van der Waals surface area contributed by atoms with E-state index in [9.17, 15) is 22.4 Å². The van der Waals surface area contributed by atoms with Crippen LogP contribution in [0.4, 0.5) is 17.6 Å². The second-order valence-corrected chi connectivity index (χ2v) is 8.64. The van der Waals surface area contributed by atoms with E-state index >= 15 is 0 Å². The summed E-state index contributed by atoms with van der Waals surface area (Å²) in [4.78, 5) is 27.4. The van der Waals surface area contributed by atoms with Gasteiger partial charge in [-0.15, -0.1) is 0 Å². The Morgan fingerprint density at radius 3 is 2.59 bits per heavy atom. The number of piperidine rings is 1. The lowest BCUT2D eigenvalue weighted by molar-refractivity contribution is -0.137. The second-order valence-electron chi connectivity index (χ2n) is 8.64. The van der Waals surface area contributed by atoms with E-state index < -0.39 is 23.7 Å². The highest BCUT2D eigenvalue weighted by molar-refractivity contribution is 6.00. The van der Waals surface area contributed by atoms with Gasteiger partial charge in [0.2, 0.25) is 5.88 Å². The Morgan fingerprint density at radius 2 is 1.91 bits per heavy atom. The van der Waals surface area contributed by atoms with Gasteiger partial charge in [0, 0.05) is 31.2 Å². The van der Waals surface area contributed by atoms with Crippen molar-refractivity contribution in [3.8, 4) is 17.3 Å². The fraction of sp³-hybridized carbons (Fsp3) is 0.333. The Morgan fingerprint density at radius 1 is 1.09 bits per heavy atom. The lowest BCUT2D eigenvalue weighted by Crippen LogP contribution is -2.47. The van der Waals surface area contributed by atoms with Crippen molar-refractivity contribution in [2.24, 2.45) is 5.92 Å². The summed E-state index contributed by atoms with van der Waals surface area (Å²) in [7, 11) is 0. The first-order valence-corrected chi connectivity index (χ1v) is 10.8. The van der Waals surface area contributed by atoms with Gasteiger partial charge in [-0.25, -0.2) is 9.37 Å². The predicted octanol–water partition coefficient (Wildman–Crippen LogP) is 4.69. The molecule has 0 spiro atoms. The Balaban J connectivity index is 1.39. The number of likely N-dealkylation sites (tertiary alicyclic amines) is 1. The Labute approximate surface area is 192 Å². The lowest BCUT2D eigenvalue weighted by atomic mass is 10.0. The van der Waals surface area contributed by atoms with Crippen molar-refractivity contribution >= 4 is 5.91 Å². The van der Waals surface area contributed by atoms with E-state index in [-0.39, 0.29) is 40.7 Å². The Bertz CT molecular complexity index is 1230. The normalized spacial score (nSPS) is 21.7. The van der Waals surface area contributed by atoms with E-state index in [1.807, 2.05) is 0 Å². The number of ether oxygens (including phenoxy) is 1. The van der Waals surface area contributed by atoms with Crippen molar-refractivity contribution in [2.45, 2.75) is 38.1 Å². The van der Waals surface area contributed by atoms with Crippen LogP contribution in [0.25, 0.3) is 11.4 Å². The lowest BCUT2D eigenvalue weighted by Gasteiger charge is -2.33. The van der Waals surface area contributed by atoms with Crippen LogP contribution >= 0.6 is 0 Å². The summed E-state index contributed by atoms with van der Waals surface area (Å²) < 4.78 is 58.7. The highest BCUT2D eigenvalue weighted by Gasteiger charge is 2.49. The number of fused-ring (bicyclic) bond motifs is 2. The third-order valence-corrected chi connectivity index (χ3v) is 6.26. The van der Waals surface area contributed by atoms with Gasteiger partial charge in [0.15, 0.2) is 5.82 Å². The maximum absolute atomic E-state index is 14.4. The van der Waals surface area contributed by atoms with Gasteiger partial charge in [-0.2, -0.15) is 13.2 Å². The molecule has 1 aliphatic carbocycles. The van der Waals surface area contributed by atoms with E-state index in [0.29, 0.717) is 19.4 Å². The average molecular weight is 472 g/mol. The highest BCUT2D eigenvalue weighted by atomic mass is 19.4. The van der Waals surface area contributed by atoms with Crippen LogP contribution < -0.4 is 4.74 Å². The number of pyridine rings is 3. The number of alkyl halides is 3. The number of amides is 1. The molecule has 0 aromatic carbocycles. The molecular formula is C24H20F4N4O2. The van der Waals surface area contributed by atoms with Gasteiger partial charge in [-0.05, 0) is 55.5 Å². The summed E-state index contributed by atoms with van der Waals surface area (Å²) in [5.74, 6) is -0.615. The maximum Gasteiger partial charge on any atom is 0.417 e. The summed E-state index contributed by atoms with van der Waals surface area (Å²) >= 11 is 0. The molecule has 4 heterocycles. The molecule has 6 nitrogen and oxygen atoms in total. The third kappa shape index (κ3) is 4.08. The Kier molecular flexibility index (Phi) is 5.45. The maximum atomic E-state index is 14.4. The molecule has 0 N–H and O–H groups in total. The van der Waals surface area contributed by atoms with Gasteiger partial charge in [0.05, 0.1) is 17.2 Å². The van der Waals surface area contributed by atoms with Crippen LogP contribution in [0.1, 0.15) is 34.3 Å². The molecule has 1 aliphatic heterocycles. The molecule has 3 atom stereocenters. The molecule has 2 bridgehead atoms. The quantitative estimate of drug-likeness (QED) is 0.516. The van der Waals surface area contributed by atoms with E-state index in [2.05, 4.69) is 15.0 Å². The number of carbonyl (C=O) groups is 1. The zero-order valence-corrected chi connectivity index (χ0v) is 18.1. The molecule has 3 aromatic rings. The molecule has 0 radical (unpaired) electrons. The van der Waals surface area contributed by atoms with E-state index in [4.69, 9.17) is 4.74 Å². The molecule has 1 saturated heterocycles. The van der Waals surface area contributed by atoms with Gasteiger partial charge >= 0.3 is 6.18 Å². The largest absolute Gasteiger partial charge is 0.472 e. The molecule has 5 rings (SSSR count). The van der Waals surface area contributed by atoms with Crippen LogP contribution in [0.15, 0.2) is 48.9 Å². The third-order valence-electron chi connectivity index (χ3n) is 6.26. The molecular weight excluding hydrogens is 452 g/mol. The minimum absolute atomic E-state index is 0.00281. The minimum atomic E-state index is -4.48. The zero-order valence-electron chi connectivity index (χ0n) is 18.1. The molecule has 34 heavy (non-hydrogen) atoms. The first kappa shape index (κ1) is 22.2. The van der Waals surface area contributed by atoms with Crippen LogP contribution in [0.2, 0.25) is 0 Å². The molecule has 3 unspecified atom stereocenters. The summed E-state index contributed by atoms with van der Waals surface area (Å²) in [6, 6.07) is 6.22. The number of nitrogens with zero attached hydrogens (tertiary/aromatic N) is 4. The SMILES string of the molecule is Cc1cnc(-c2ncccc2F)c(C(=O)N2CC3CC(Oc4ccc(C(F)(F)F)cn4)C2C3)c1. The van der Waals surface area contributed by atoms with Crippen LogP contribution in [-0.4, -0.2) is 44.4 Å². The number of hydrogen-bond acceptors (Lipinski definition) is 5. The van der Waals surface area contributed by atoms with Crippen molar-refractivity contribution in [1.82, 2.24) is 19.9 Å². The van der Waals surface area contributed by atoms with Crippen LogP contribution in [-0.2, 0) is 6.18 Å². The van der Waals surface area contributed by atoms with Crippen LogP contribution in [0, 0.1) is 18.7 Å². The molecule has 1 saturated carbocycles. The van der Waals surface area contributed by atoms with Gasteiger partial charge in [-0.1, -0.05) is 0 Å². The summed E-state index contributed by atoms with van der Waals surface area (Å²) in [5.41, 5.74) is 0.298. The van der Waals surface area contributed by atoms with Gasteiger partial charge in [0.1, 0.15) is 17.5 Å². The predicted molar refractivity (Wildman–Crippen MR) is 113 cm³/mol. The van der Waals surface area contributed by atoms with Gasteiger partial charge < -0.3 is 9.64 Å². The standard InChI is InChI=1S/C24H20F4N4O2/c1-13-7-16(21(31-10-13)22-17(25)3-2-6-29-22)23(33)32-12-14-8-18(32)19(9-14)34-20-5-4-15(11-30-20)24(26,27)28/h2-7,10-11,14,18-19H,8-9,12H2,1H3. The van der Waals surface area contributed by atoms with Crippen LogP contribution in [0.3, 0.4) is 0 Å². The van der Waals surface area contributed by atoms with Crippen molar-refractivity contribution in [1.29, 1.82) is 0 Å². The van der Waals surface area contributed by atoms with Crippen molar-refractivity contribution in [2.75, 3.05) is 6.54 Å². The Hall–Kier alpha value is -3.56. The van der Waals surface area contributed by atoms with E-state index in [0.717, 1.165) is 17.8 Å². The summed E-state index contributed by atoms with van der Waals surface area (Å²) in [6.45, 7) is 2.31. The van der Waals surface area contributed by atoms with Crippen molar-refractivity contribution in [3.63, 3.8) is 0 Å². The number of rotatable bonds is 4. The van der Waals surface area contributed by atoms with Gasteiger partial charge in [0.25, 0.3) is 5.91 Å². The number of carbonyl (C=O) groups excluding carboxylic acids is 1. The van der Waals surface area contributed by atoms with Crippen molar-refractivity contribution in [3.05, 3.63) is 71.4 Å². The topological polar surface area (TPSA) is 68.2 Å². The molecule has 10 heteroatoms. The fourth-order valence-corrected chi connectivity index (χ4v) is 4.73. The molecule has 3 aromatic heterocycles. The van der Waals surface area contributed by atoms with Gasteiger partial charge in [-0.3, -0.25) is 14.8 Å². The minimum Gasteiger partial charge on any atom is -0.472 e. The smallest absolute Gasteiger partial charge is 0.417 e. The average Bonchev–Trinajstić information content (AvgIpc) is 3.40. The highest BCUT2D eigenvalue weighted by Crippen LogP contribution is 2.41. The number of aryl methyl sites for hydroxylation is 1. The summed E-state index contributed by atoms with van der Waals surface area (Å²) in [5, 5.41) is 0. The molecule has 2 aliphatic rings. The number of aromatic nitrogens is 3. The second kappa shape index (κ2) is 8.34. The molecule has 2 fully saturated rings. The monoisotopic (exact) mass is 472 g/mol. The van der Waals surface area contributed by atoms with Crippen LogP contribution in [0.5, 0.6) is 5.88 Å². The first-order valence-electron chi connectivity index (χ1n) is 10.8. The molecule has 176 valence electrons. The first-order chi connectivity index (χ1) is 16.2. The van der Waals surface area contributed by atoms with Crippen molar-refractivity contribution < 1.29 is 27.1 Å². The summed E-state index contributed by atoms with van der Waals surface area (Å²) in [6.07, 6.45) is 0.227. The number of halogens is 4. The number of hydrogen-bond donors (Lipinski definition) is 0. The molecule has 1 amide bonds. The van der Waals surface area contributed by atoms with E-state index in [1.165, 1.54) is 24.4 Å². The zero-order chi connectivity index (χ0) is 24.0. The fourth-order valence-electron chi connectivity index (χ4n) is 4.73. The van der Waals surface area contributed by atoms with E-state index in [1.54, 1.807) is 24.1 Å².